The molecule has 0 heterocycles. The molecule has 0 fully saturated rings. The number of allylic oxidation sites excluding steroid dienone is 1. The van der Waals surface area contributed by atoms with Gasteiger partial charge in [0.1, 0.15) is 0 Å². The third-order valence-electron chi connectivity index (χ3n) is 3.19. The molecule has 0 atom stereocenters. The van der Waals surface area contributed by atoms with E-state index in [1.165, 1.54) is 16.7 Å². The zero-order valence-electron chi connectivity index (χ0n) is 10.9. The molecule has 18 heavy (non-hydrogen) atoms. The molecule has 2 rings (SSSR count). The van der Waals surface area contributed by atoms with Gasteiger partial charge in [-0.1, -0.05) is 54.6 Å². The van der Waals surface area contributed by atoms with Gasteiger partial charge in [-0.05, 0) is 41.7 Å². The third kappa shape index (κ3) is 2.69. The van der Waals surface area contributed by atoms with Gasteiger partial charge in [-0.15, -0.1) is 0 Å². The zero-order chi connectivity index (χ0) is 13.0. The molecule has 0 aromatic heterocycles. The van der Waals surface area contributed by atoms with Gasteiger partial charge in [0.25, 0.3) is 0 Å². The lowest BCUT2D eigenvalue weighted by Crippen LogP contribution is -1.85. The van der Waals surface area contributed by atoms with Gasteiger partial charge in [-0.25, -0.2) is 0 Å². The second kappa shape index (κ2) is 5.65. The van der Waals surface area contributed by atoms with Gasteiger partial charge in [0.15, 0.2) is 0 Å². The molecule has 1 N–H and O–H groups in total. The molecule has 92 valence electrons. The monoisotopic (exact) mass is 238 g/mol. The molecule has 0 unspecified atom stereocenters. The first-order valence-electron chi connectivity index (χ1n) is 6.16. The van der Waals surface area contributed by atoms with E-state index in [2.05, 4.69) is 55.5 Å². The molecule has 0 amide bonds. The average Bonchev–Trinajstić information content (AvgIpc) is 2.40. The molecule has 1 nitrogen and oxygen atoms in total. The maximum absolute atomic E-state index is 8.89. The highest BCUT2D eigenvalue weighted by Crippen LogP contribution is 2.24. The molecule has 0 saturated carbocycles. The molecule has 0 aliphatic carbocycles. The van der Waals surface area contributed by atoms with Crippen LogP contribution in [0.15, 0.2) is 54.6 Å². The summed E-state index contributed by atoms with van der Waals surface area (Å²) in [5.74, 6) is 0. The first-order chi connectivity index (χ1) is 8.72. The van der Waals surface area contributed by atoms with Crippen molar-refractivity contribution in [1.82, 2.24) is 0 Å². The number of benzene rings is 2. The first kappa shape index (κ1) is 12.6. The minimum absolute atomic E-state index is 0.0887. The Labute approximate surface area is 108 Å². The molecular formula is C17H18O. The lowest BCUT2D eigenvalue weighted by atomic mass is 9.98. The summed E-state index contributed by atoms with van der Waals surface area (Å²) in [4.78, 5) is 0. The maximum Gasteiger partial charge on any atom is 0.0618 e. The van der Waals surface area contributed by atoms with E-state index >= 15 is 0 Å². The van der Waals surface area contributed by atoms with Gasteiger partial charge in [0.05, 0.1) is 6.61 Å². The summed E-state index contributed by atoms with van der Waals surface area (Å²) in [6.07, 6.45) is 1.82. The van der Waals surface area contributed by atoms with Crippen LogP contribution in [0.4, 0.5) is 0 Å². The second-order valence-electron chi connectivity index (χ2n) is 4.46. The highest BCUT2D eigenvalue weighted by Gasteiger charge is 2.01. The van der Waals surface area contributed by atoms with E-state index in [1.54, 1.807) is 0 Å². The summed E-state index contributed by atoms with van der Waals surface area (Å²) >= 11 is 0. The lowest BCUT2D eigenvalue weighted by molar-refractivity contribution is 0.343. The van der Waals surface area contributed by atoms with Crippen LogP contribution < -0.4 is 0 Å². The van der Waals surface area contributed by atoms with Gasteiger partial charge < -0.3 is 5.11 Å². The Kier molecular flexibility index (Phi) is 3.96. The fourth-order valence-electron chi connectivity index (χ4n) is 2.06. The number of hydrogen-bond donors (Lipinski definition) is 1. The molecule has 0 aliphatic rings. The molecule has 2 aromatic rings. The topological polar surface area (TPSA) is 20.2 Å². The summed E-state index contributed by atoms with van der Waals surface area (Å²) in [5.41, 5.74) is 6.05. The Morgan fingerprint density at radius 1 is 1.06 bits per heavy atom. The van der Waals surface area contributed by atoms with Crippen molar-refractivity contribution >= 4 is 5.57 Å². The van der Waals surface area contributed by atoms with Crippen molar-refractivity contribution in [2.75, 3.05) is 6.61 Å². The molecule has 0 spiro atoms. The minimum Gasteiger partial charge on any atom is -0.392 e. The van der Waals surface area contributed by atoms with Crippen LogP contribution in [0.25, 0.3) is 16.7 Å². The maximum atomic E-state index is 8.89. The highest BCUT2D eigenvalue weighted by atomic mass is 16.2. The van der Waals surface area contributed by atoms with Crippen LogP contribution in [-0.2, 0) is 0 Å². The SMILES string of the molecule is C/C(=C/CO)c1ccc(-c2ccccc2C)cc1. The van der Waals surface area contributed by atoms with Gasteiger partial charge in [-0.2, -0.15) is 0 Å². The molecule has 0 aliphatic heterocycles. The normalized spacial score (nSPS) is 11.6. The fourth-order valence-corrected chi connectivity index (χ4v) is 2.06. The summed E-state index contributed by atoms with van der Waals surface area (Å²) in [7, 11) is 0. The first-order valence-corrected chi connectivity index (χ1v) is 6.16. The van der Waals surface area contributed by atoms with Gasteiger partial charge in [0, 0.05) is 0 Å². The van der Waals surface area contributed by atoms with E-state index < -0.39 is 0 Å². The Morgan fingerprint density at radius 3 is 2.33 bits per heavy atom. The summed E-state index contributed by atoms with van der Waals surface area (Å²) in [6, 6.07) is 16.8. The minimum atomic E-state index is 0.0887. The van der Waals surface area contributed by atoms with E-state index in [1.807, 2.05) is 13.0 Å². The van der Waals surface area contributed by atoms with Gasteiger partial charge in [-0.3, -0.25) is 0 Å². The van der Waals surface area contributed by atoms with E-state index in [9.17, 15) is 0 Å². The number of hydrogen-bond acceptors (Lipinski definition) is 1. The van der Waals surface area contributed by atoms with Crippen molar-refractivity contribution in [3.05, 3.63) is 65.7 Å². The van der Waals surface area contributed by atoms with Gasteiger partial charge >= 0.3 is 0 Å². The van der Waals surface area contributed by atoms with Crippen molar-refractivity contribution in [2.24, 2.45) is 0 Å². The fraction of sp³-hybridized carbons (Fsp3) is 0.176. The number of aryl methyl sites for hydroxylation is 1. The van der Waals surface area contributed by atoms with Crippen LogP contribution >= 0.6 is 0 Å². The van der Waals surface area contributed by atoms with Crippen LogP contribution in [0.5, 0.6) is 0 Å². The molecule has 0 bridgehead atoms. The average molecular weight is 238 g/mol. The smallest absolute Gasteiger partial charge is 0.0618 e. The number of aliphatic hydroxyl groups is 1. The van der Waals surface area contributed by atoms with Crippen molar-refractivity contribution in [1.29, 1.82) is 0 Å². The Balaban J connectivity index is 2.34. The zero-order valence-corrected chi connectivity index (χ0v) is 10.9. The standard InChI is InChI=1S/C17H18O/c1-13(11-12-18)15-7-9-16(10-8-15)17-6-4-3-5-14(17)2/h3-11,18H,12H2,1-2H3/b13-11-. The summed E-state index contributed by atoms with van der Waals surface area (Å²) in [5, 5.41) is 8.89. The largest absolute Gasteiger partial charge is 0.392 e. The van der Waals surface area contributed by atoms with Crippen LogP contribution in [0.1, 0.15) is 18.1 Å². The summed E-state index contributed by atoms with van der Waals surface area (Å²) in [6.45, 7) is 4.23. The number of rotatable bonds is 3. The van der Waals surface area contributed by atoms with Gasteiger partial charge in [0.2, 0.25) is 0 Å². The quantitative estimate of drug-likeness (QED) is 0.855. The Hall–Kier alpha value is -1.86. The van der Waals surface area contributed by atoms with E-state index in [0.29, 0.717) is 0 Å². The third-order valence-corrected chi connectivity index (χ3v) is 3.19. The molecule has 0 saturated heterocycles. The Morgan fingerprint density at radius 2 is 1.72 bits per heavy atom. The number of aliphatic hydroxyl groups excluding tert-OH is 1. The van der Waals surface area contributed by atoms with E-state index in [-0.39, 0.29) is 6.61 Å². The van der Waals surface area contributed by atoms with Crippen molar-refractivity contribution in [3.8, 4) is 11.1 Å². The molecule has 0 radical (unpaired) electrons. The summed E-state index contributed by atoms with van der Waals surface area (Å²) < 4.78 is 0. The predicted octanol–water partition coefficient (Wildman–Crippen LogP) is 4.06. The van der Waals surface area contributed by atoms with Crippen LogP contribution in [0.3, 0.4) is 0 Å². The predicted molar refractivity (Wildman–Crippen MR) is 77.4 cm³/mol. The lowest BCUT2D eigenvalue weighted by Gasteiger charge is -2.07. The van der Waals surface area contributed by atoms with Crippen LogP contribution in [-0.4, -0.2) is 11.7 Å². The molecule has 1 heteroatoms. The van der Waals surface area contributed by atoms with Crippen LogP contribution in [0, 0.1) is 6.92 Å². The van der Waals surface area contributed by atoms with Crippen molar-refractivity contribution in [3.63, 3.8) is 0 Å². The molecule has 2 aromatic carbocycles. The van der Waals surface area contributed by atoms with E-state index in [4.69, 9.17) is 5.11 Å². The van der Waals surface area contributed by atoms with Crippen molar-refractivity contribution in [2.45, 2.75) is 13.8 Å². The highest BCUT2D eigenvalue weighted by molar-refractivity contribution is 5.71. The second-order valence-corrected chi connectivity index (χ2v) is 4.46. The van der Waals surface area contributed by atoms with Crippen LogP contribution in [0.2, 0.25) is 0 Å². The Bertz CT molecular complexity index is 550. The van der Waals surface area contributed by atoms with E-state index in [0.717, 1.165) is 11.1 Å². The molecular weight excluding hydrogens is 220 g/mol. The van der Waals surface area contributed by atoms with Crippen molar-refractivity contribution < 1.29 is 5.11 Å².